The molecule has 6 heteroatoms. The van der Waals surface area contributed by atoms with E-state index < -0.39 is 5.97 Å². The summed E-state index contributed by atoms with van der Waals surface area (Å²) < 4.78 is 10.6. The van der Waals surface area contributed by atoms with Gasteiger partial charge in [0.15, 0.2) is 12.4 Å². The number of hydrogen-bond acceptors (Lipinski definition) is 5. The molecule has 0 unspecified atom stereocenters. The van der Waals surface area contributed by atoms with E-state index in [1.54, 1.807) is 19.1 Å². The van der Waals surface area contributed by atoms with Gasteiger partial charge in [0.2, 0.25) is 0 Å². The van der Waals surface area contributed by atoms with E-state index in [0.29, 0.717) is 23.0 Å². The second-order valence-electron chi connectivity index (χ2n) is 4.42. The molecule has 0 aliphatic rings. The number of rotatable bonds is 6. The molecule has 0 amide bonds. The van der Waals surface area contributed by atoms with Gasteiger partial charge in [0.05, 0.1) is 5.56 Å². The van der Waals surface area contributed by atoms with E-state index in [2.05, 4.69) is 10.1 Å². The minimum Gasteiger partial charge on any atom is -0.484 e. The molecule has 1 heterocycles. The highest BCUT2D eigenvalue weighted by Gasteiger charge is 2.09. The van der Waals surface area contributed by atoms with E-state index in [1.807, 2.05) is 6.92 Å². The summed E-state index contributed by atoms with van der Waals surface area (Å²) >= 11 is 0. The van der Waals surface area contributed by atoms with Crippen molar-refractivity contribution in [3.63, 3.8) is 0 Å². The fourth-order valence-corrected chi connectivity index (χ4v) is 1.78. The lowest BCUT2D eigenvalue weighted by Crippen LogP contribution is -2.01. The quantitative estimate of drug-likeness (QED) is 0.872. The van der Waals surface area contributed by atoms with Gasteiger partial charge in [0.25, 0.3) is 5.89 Å². The number of aryl methyl sites for hydroxylation is 2. The van der Waals surface area contributed by atoms with Crippen LogP contribution in [-0.4, -0.2) is 21.2 Å². The molecule has 2 aromatic rings. The standard InChI is InChI=1S/C14H16N2O4/c1-3-4-12-15-13(20-16-12)8-19-10-5-6-11(14(17)18)9(2)7-10/h5-7H,3-4,8H2,1-2H3,(H,17,18). The van der Waals surface area contributed by atoms with Crippen LogP contribution in [0.4, 0.5) is 0 Å². The average molecular weight is 276 g/mol. The van der Waals surface area contributed by atoms with Crippen LogP contribution in [0.25, 0.3) is 0 Å². The highest BCUT2D eigenvalue weighted by atomic mass is 16.5. The maximum atomic E-state index is 10.9. The Labute approximate surface area is 116 Å². The van der Waals surface area contributed by atoms with E-state index in [9.17, 15) is 4.79 Å². The van der Waals surface area contributed by atoms with Crippen molar-refractivity contribution in [2.45, 2.75) is 33.3 Å². The van der Waals surface area contributed by atoms with Crippen LogP contribution in [-0.2, 0) is 13.0 Å². The van der Waals surface area contributed by atoms with E-state index in [-0.39, 0.29) is 12.2 Å². The Balaban J connectivity index is 1.99. The summed E-state index contributed by atoms with van der Waals surface area (Å²) in [6.45, 7) is 3.93. The van der Waals surface area contributed by atoms with E-state index in [4.69, 9.17) is 14.4 Å². The fraction of sp³-hybridized carbons (Fsp3) is 0.357. The van der Waals surface area contributed by atoms with Gasteiger partial charge in [-0.1, -0.05) is 12.1 Å². The summed E-state index contributed by atoms with van der Waals surface area (Å²) in [4.78, 5) is 15.1. The van der Waals surface area contributed by atoms with Crippen molar-refractivity contribution in [1.29, 1.82) is 0 Å². The topological polar surface area (TPSA) is 85.5 Å². The maximum Gasteiger partial charge on any atom is 0.335 e. The lowest BCUT2D eigenvalue weighted by atomic mass is 10.1. The molecule has 0 aliphatic heterocycles. The molecule has 106 valence electrons. The molecule has 0 saturated heterocycles. The Morgan fingerprint density at radius 2 is 2.25 bits per heavy atom. The number of nitrogens with zero attached hydrogens (tertiary/aromatic N) is 2. The maximum absolute atomic E-state index is 10.9. The van der Waals surface area contributed by atoms with Crippen molar-refractivity contribution < 1.29 is 19.2 Å². The molecule has 0 atom stereocenters. The highest BCUT2D eigenvalue weighted by Crippen LogP contribution is 2.18. The monoisotopic (exact) mass is 276 g/mol. The molecule has 0 spiro atoms. The smallest absolute Gasteiger partial charge is 0.335 e. The van der Waals surface area contributed by atoms with Crippen LogP contribution in [0.5, 0.6) is 5.75 Å². The SMILES string of the molecule is CCCc1noc(COc2ccc(C(=O)O)c(C)c2)n1. The molecule has 1 aromatic carbocycles. The lowest BCUT2D eigenvalue weighted by Gasteiger charge is -2.06. The van der Waals surface area contributed by atoms with Crippen LogP contribution in [0.1, 0.15) is 41.0 Å². The number of carboxylic acid groups (broad SMARTS) is 1. The molecule has 6 nitrogen and oxygen atoms in total. The van der Waals surface area contributed by atoms with Crippen LogP contribution in [0.3, 0.4) is 0 Å². The van der Waals surface area contributed by atoms with E-state index in [0.717, 1.165) is 12.8 Å². The van der Waals surface area contributed by atoms with Gasteiger partial charge in [-0.05, 0) is 37.1 Å². The summed E-state index contributed by atoms with van der Waals surface area (Å²) in [5.41, 5.74) is 0.910. The Hall–Kier alpha value is -2.37. The fourth-order valence-electron chi connectivity index (χ4n) is 1.78. The first-order valence-corrected chi connectivity index (χ1v) is 6.38. The first kappa shape index (κ1) is 14.0. The average Bonchev–Trinajstić information content (AvgIpc) is 2.84. The molecule has 0 aliphatic carbocycles. The Morgan fingerprint density at radius 1 is 1.45 bits per heavy atom. The molecule has 2 rings (SSSR count). The van der Waals surface area contributed by atoms with Crippen molar-refractivity contribution in [2.75, 3.05) is 0 Å². The van der Waals surface area contributed by atoms with Crippen LogP contribution >= 0.6 is 0 Å². The Morgan fingerprint density at radius 3 is 2.90 bits per heavy atom. The summed E-state index contributed by atoms with van der Waals surface area (Å²) in [7, 11) is 0. The highest BCUT2D eigenvalue weighted by molar-refractivity contribution is 5.89. The molecule has 0 saturated carbocycles. The van der Waals surface area contributed by atoms with Gasteiger partial charge < -0.3 is 14.4 Å². The molecular weight excluding hydrogens is 260 g/mol. The number of hydrogen-bond donors (Lipinski definition) is 1. The molecule has 1 aromatic heterocycles. The third-order valence-corrected chi connectivity index (χ3v) is 2.77. The van der Waals surface area contributed by atoms with Crippen molar-refractivity contribution in [3.8, 4) is 5.75 Å². The molecule has 20 heavy (non-hydrogen) atoms. The van der Waals surface area contributed by atoms with Crippen molar-refractivity contribution in [2.24, 2.45) is 0 Å². The number of carbonyl (C=O) groups is 1. The van der Waals surface area contributed by atoms with Gasteiger partial charge in [-0.2, -0.15) is 4.98 Å². The van der Waals surface area contributed by atoms with Crippen LogP contribution in [0, 0.1) is 6.92 Å². The number of carboxylic acids is 1. The van der Waals surface area contributed by atoms with Gasteiger partial charge in [0, 0.05) is 6.42 Å². The van der Waals surface area contributed by atoms with Crippen LogP contribution in [0.2, 0.25) is 0 Å². The zero-order chi connectivity index (χ0) is 14.5. The summed E-state index contributed by atoms with van der Waals surface area (Å²) in [5, 5.41) is 12.8. The van der Waals surface area contributed by atoms with Gasteiger partial charge in [0.1, 0.15) is 5.75 Å². The lowest BCUT2D eigenvalue weighted by molar-refractivity contribution is 0.0696. The molecule has 0 fully saturated rings. The number of aromatic carboxylic acids is 1. The van der Waals surface area contributed by atoms with Crippen molar-refractivity contribution in [1.82, 2.24) is 10.1 Å². The van der Waals surface area contributed by atoms with Crippen LogP contribution in [0.15, 0.2) is 22.7 Å². The summed E-state index contributed by atoms with van der Waals surface area (Å²) in [6.07, 6.45) is 1.73. The van der Waals surface area contributed by atoms with Gasteiger partial charge in [-0.3, -0.25) is 0 Å². The second kappa shape index (κ2) is 6.18. The summed E-state index contributed by atoms with van der Waals surface area (Å²) in [5.74, 6) is 0.704. The zero-order valence-electron chi connectivity index (χ0n) is 11.4. The molecular formula is C14H16N2O4. The summed E-state index contributed by atoms with van der Waals surface area (Å²) in [6, 6.07) is 4.80. The van der Waals surface area contributed by atoms with E-state index in [1.165, 1.54) is 6.07 Å². The second-order valence-corrected chi connectivity index (χ2v) is 4.42. The van der Waals surface area contributed by atoms with Gasteiger partial charge in [-0.25, -0.2) is 4.79 Å². The number of aromatic nitrogens is 2. The van der Waals surface area contributed by atoms with Gasteiger partial charge >= 0.3 is 5.97 Å². The first-order chi connectivity index (χ1) is 9.60. The normalized spacial score (nSPS) is 10.5. The largest absolute Gasteiger partial charge is 0.484 e. The zero-order valence-corrected chi connectivity index (χ0v) is 11.4. The molecule has 1 N–H and O–H groups in total. The first-order valence-electron chi connectivity index (χ1n) is 6.38. The predicted molar refractivity (Wildman–Crippen MR) is 70.8 cm³/mol. The Bertz CT molecular complexity index is 607. The van der Waals surface area contributed by atoms with Crippen molar-refractivity contribution in [3.05, 3.63) is 41.0 Å². The molecule has 0 radical (unpaired) electrons. The minimum atomic E-state index is -0.949. The number of benzene rings is 1. The predicted octanol–water partition coefficient (Wildman–Crippen LogP) is 2.61. The Kier molecular flexibility index (Phi) is 4.34. The van der Waals surface area contributed by atoms with Crippen LogP contribution < -0.4 is 4.74 Å². The molecule has 0 bridgehead atoms. The number of ether oxygens (including phenoxy) is 1. The van der Waals surface area contributed by atoms with E-state index >= 15 is 0 Å². The van der Waals surface area contributed by atoms with Gasteiger partial charge in [-0.15, -0.1) is 0 Å². The minimum absolute atomic E-state index is 0.169. The van der Waals surface area contributed by atoms with Crippen molar-refractivity contribution >= 4 is 5.97 Å². The third kappa shape index (κ3) is 3.34. The third-order valence-electron chi connectivity index (χ3n) is 2.77.